The first-order chi connectivity index (χ1) is 11.6. The molecule has 5 nitrogen and oxygen atoms in total. The Bertz CT molecular complexity index is 760. The molecule has 1 saturated heterocycles. The second-order valence-corrected chi connectivity index (χ2v) is 6.48. The molecule has 1 amide bonds. The van der Waals surface area contributed by atoms with Gasteiger partial charge in [0.15, 0.2) is 5.89 Å². The smallest absolute Gasteiger partial charge is 0.254 e. The van der Waals surface area contributed by atoms with Crippen LogP contribution in [0.3, 0.4) is 0 Å². The molecular weight excluding hydrogens is 311 g/mol. The highest BCUT2D eigenvalue weighted by molar-refractivity contribution is 5.94. The van der Waals surface area contributed by atoms with Gasteiger partial charge in [-0.15, -0.1) is 0 Å². The molecule has 0 spiro atoms. The third kappa shape index (κ3) is 2.82. The average molecular weight is 330 g/mol. The number of hydrogen-bond donors (Lipinski definition) is 0. The van der Waals surface area contributed by atoms with Gasteiger partial charge in [-0.3, -0.25) is 4.79 Å². The van der Waals surface area contributed by atoms with Crippen LogP contribution in [-0.2, 0) is 17.7 Å². The summed E-state index contributed by atoms with van der Waals surface area (Å²) in [5.41, 5.74) is 1.93. The van der Waals surface area contributed by atoms with Gasteiger partial charge in [0, 0.05) is 25.1 Å². The molecule has 2 aromatic rings. The maximum absolute atomic E-state index is 13.6. The fraction of sp³-hybridized carbons (Fsp3) is 0.444. The van der Waals surface area contributed by atoms with E-state index in [1.165, 1.54) is 12.1 Å². The van der Waals surface area contributed by atoms with Crippen molar-refractivity contribution in [2.45, 2.75) is 32.2 Å². The van der Waals surface area contributed by atoms with Crippen LogP contribution in [0.5, 0.6) is 0 Å². The van der Waals surface area contributed by atoms with Crippen molar-refractivity contribution in [3.05, 3.63) is 52.5 Å². The fourth-order valence-corrected chi connectivity index (χ4v) is 3.34. The molecule has 1 aromatic carbocycles. The van der Waals surface area contributed by atoms with E-state index in [-0.39, 0.29) is 17.6 Å². The number of benzene rings is 1. The van der Waals surface area contributed by atoms with E-state index in [1.807, 2.05) is 0 Å². The second kappa shape index (κ2) is 6.02. The van der Waals surface area contributed by atoms with Crippen LogP contribution in [0.4, 0.5) is 4.39 Å². The van der Waals surface area contributed by atoms with E-state index < -0.39 is 0 Å². The summed E-state index contributed by atoms with van der Waals surface area (Å²) in [5, 5.41) is 0. The Kier molecular flexibility index (Phi) is 3.84. The van der Waals surface area contributed by atoms with Gasteiger partial charge >= 0.3 is 0 Å². The summed E-state index contributed by atoms with van der Waals surface area (Å²) in [7, 11) is 0. The number of carbonyl (C=O) groups is 1. The van der Waals surface area contributed by atoms with Gasteiger partial charge in [0.2, 0.25) is 0 Å². The number of hydrogen-bond acceptors (Lipinski definition) is 4. The van der Waals surface area contributed by atoms with Crippen molar-refractivity contribution in [3.8, 4) is 0 Å². The van der Waals surface area contributed by atoms with Crippen LogP contribution in [0.15, 0.2) is 22.6 Å². The molecule has 0 radical (unpaired) electrons. The number of amides is 1. The van der Waals surface area contributed by atoms with E-state index in [1.54, 1.807) is 17.9 Å². The average Bonchev–Trinajstić information content (AvgIpc) is 3.21. The molecule has 1 aromatic heterocycles. The summed E-state index contributed by atoms with van der Waals surface area (Å²) in [6, 6.07) is 4.42. The standard InChI is InChI=1S/C18H19FN2O3/c1-11-6-13(8-14(19)7-11)18(22)21-4-2-16-15(9-21)20-17(24-16)12-3-5-23-10-12/h6-8,12H,2-5,9-10H2,1H3. The number of oxazole rings is 1. The molecule has 6 heteroatoms. The number of fused-ring (bicyclic) bond motifs is 1. The number of aryl methyl sites for hydroxylation is 1. The zero-order chi connectivity index (χ0) is 16.7. The van der Waals surface area contributed by atoms with E-state index >= 15 is 0 Å². The lowest BCUT2D eigenvalue weighted by molar-refractivity contribution is 0.0727. The molecule has 2 aliphatic heterocycles. The van der Waals surface area contributed by atoms with Crippen LogP contribution in [0.2, 0.25) is 0 Å². The minimum atomic E-state index is -0.388. The predicted octanol–water partition coefficient (Wildman–Crippen LogP) is 2.82. The van der Waals surface area contributed by atoms with Gasteiger partial charge in [-0.2, -0.15) is 0 Å². The summed E-state index contributed by atoms with van der Waals surface area (Å²) in [4.78, 5) is 18.9. The number of ether oxygens (including phenoxy) is 1. The van der Waals surface area contributed by atoms with Crippen molar-refractivity contribution >= 4 is 5.91 Å². The molecule has 1 atom stereocenters. The van der Waals surface area contributed by atoms with Crippen LogP contribution < -0.4 is 0 Å². The number of nitrogens with zero attached hydrogens (tertiary/aromatic N) is 2. The lowest BCUT2D eigenvalue weighted by Crippen LogP contribution is -2.35. The van der Waals surface area contributed by atoms with Crippen LogP contribution in [-0.4, -0.2) is 35.5 Å². The van der Waals surface area contributed by atoms with E-state index in [2.05, 4.69) is 4.98 Å². The minimum absolute atomic E-state index is 0.169. The highest BCUT2D eigenvalue weighted by Crippen LogP contribution is 2.29. The summed E-state index contributed by atoms with van der Waals surface area (Å²) >= 11 is 0. The zero-order valence-corrected chi connectivity index (χ0v) is 13.5. The Labute approximate surface area is 139 Å². The number of carbonyl (C=O) groups excluding carboxylic acids is 1. The van der Waals surface area contributed by atoms with Gasteiger partial charge in [-0.05, 0) is 37.1 Å². The van der Waals surface area contributed by atoms with Gasteiger partial charge in [0.25, 0.3) is 5.91 Å². The molecule has 2 aliphatic rings. The molecule has 3 heterocycles. The monoisotopic (exact) mass is 330 g/mol. The summed E-state index contributed by atoms with van der Waals surface area (Å²) < 4.78 is 24.8. The summed E-state index contributed by atoms with van der Waals surface area (Å²) in [6.45, 7) is 4.12. The van der Waals surface area contributed by atoms with Crippen molar-refractivity contribution in [2.24, 2.45) is 0 Å². The molecule has 0 saturated carbocycles. The van der Waals surface area contributed by atoms with Gasteiger partial charge in [0.1, 0.15) is 17.3 Å². The Morgan fingerprint density at radius 2 is 2.25 bits per heavy atom. The number of rotatable bonds is 2. The molecule has 0 aliphatic carbocycles. The predicted molar refractivity (Wildman–Crippen MR) is 84.3 cm³/mol. The fourth-order valence-electron chi connectivity index (χ4n) is 3.34. The van der Waals surface area contributed by atoms with Crippen molar-refractivity contribution in [1.29, 1.82) is 0 Å². The van der Waals surface area contributed by atoms with Gasteiger partial charge in [-0.1, -0.05) is 0 Å². The second-order valence-electron chi connectivity index (χ2n) is 6.48. The normalized spacial score (nSPS) is 20.2. The first-order valence-electron chi connectivity index (χ1n) is 8.23. The first-order valence-corrected chi connectivity index (χ1v) is 8.23. The largest absolute Gasteiger partial charge is 0.445 e. The Morgan fingerprint density at radius 1 is 1.38 bits per heavy atom. The number of halogens is 1. The van der Waals surface area contributed by atoms with E-state index in [0.717, 1.165) is 30.0 Å². The maximum atomic E-state index is 13.6. The first kappa shape index (κ1) is 15.3. The highest BCUT2D eigenvalue weighted by Gasteiger charge is 2.29. The third-order valence-electron chi connectivity index (χ3n) is 4.60. The van der Waals surface area contributed by atoms with Crippen LogP contribution in [0.1, 0.15) is 45.6 Å². The lowest BCUT2D eigenvalue weighted by Gasteiger charge is -2.25. The molecule has 1 unspecified atom stereocenters. The lowest BCUT2D eigenvalue weighted by atomic mass is 10.1. The highest BCUT2D eigenvalue weighted by atomic mass is 19.1. The third-order valence-corrected chi connectivity index (χ3v) is 4.60. The quantitative estimate of drug-likeness (QED) is 0.850. The van der Waals surface area contributed by atoms with E-state index in [4.69, 9.17) is 9.15 Å². The Hall–Kier alpha value is -2.21. The van der Waals surface area contributed by atoms with E-state index in [0.29, 0.717) is 37.6 Å². The molecule has 0 N–H and O–H groups in total. The number of aromatic nitrogens is 1. The van der Waals surface area contributed by atoms with Gasteiger partial charge in [-0.25, -0.2) is 9.37 Å². The van der Waals surface area contributed by atoms with Crippen molar-refractivity contribution < 1.29 is 18.3 Å². The summed E-state index contributed by atoms with van der Waals surface area (Å²) in [6.07, 6.45) is 1.56. The Morgan fingerprint density at radius 3 is 3.00 bits per heavy atom. The molecule has 1 fully saturated rings. The minimum Gasteiger partial charge on any atom is -0.445 e. The molecular formula is C18H19FN2O3. The molecule has 126 valence electrons. The van der Waals surface area contributed by atoms with E-state index in [9.17, 15) is 9.18 Å². The van der Waals surface area contributed by atoms with Crippen molar-refractivity contribution in [2.75, 3.05) is 19.8 Å². The topological polar surface area (TPSA) is 55.6 Å². The summed E-state index contributed by atoms with van der Waals surface area (Å²) in [5.74, 6) is 1.23. The van der Waals surface area contributed by atoms with Crippen molar-refractivity contribution in [1.82, 2.24) is 9.88 Å². The van der Waals surface area contributed by atoms with Crippen LogP contribution in [0, 0.1) is 12.7 Å². The SMILES string of the molecule is Cc1cc(F)cc(C(=O)N2CCc3oc(C4CCOC4)nc3C2)c1. The van der Waals surface area contributed by atoms with Crippen molar-refractivity contribution in [3.63, 3.8) is 0 Å². The Balaban J connectivity index is 1.54. The molecule has 24 heavy (non-hydrogen) atoms. The van der Waals surface area contributed by atoms with Gasteiger partial charge in [0.05, 0.1) is 19.1 Å². The molecule has 4 rings (SSSR count). The zero-order valence-electron chi connectivity index (χ0n) is 13.5. The van der Waals surface area contributed by atoms with Gasteiger partial charge < -0.3 is 14.1 Å². The maximum Gasteiger partial charge on any atom is 0.254 e. The van der Waals surface area contributed by atoms with Crippen LogP contribution >= 0.6 is 0 Å². The van der Waals surface area contributed by atoms with Crippen LogP contribution in [0.25, 0.3) is 0 Å². The molecule has 0 bridgehead atoms.